The lowest BCUT2D eigenvalue weighted by Crippen LogP contribution is -2.34. The Morgan fingerprint density at radius 3 is 1.86 bits per heavy atom. The first kappa shape index (κ1) is 27.6. The lowest BCUT2D eigenvalue weighted by atomic mass is 9.70. The van der Waals surface area contributed by atoms with Gasteiger partial charge in [-0.15, -0.1) is 6.42 Å². The Hall–Kier alpha value is -5.27. The van der Waals surface area contributed by atoms with Crippen LogP contribution >= 0.6 is 0 Å². The number of allylic oxidation sites excluding steroid dienone is 4. The first-order valence-electron chi connectivity index (χ1n) is 15.1. The molecule has 0 amide bonds. The molecule has 2 heterocycles. The van der Waals surface area contributed by atoms with Crippen molar-refractivity contribution in [1.29, 1.82) is 0 Å². The predicted molar refractivity (Wildman–Crippen MR) is 181 cm³/mol. The fraction of sp³-hybridized carbons (Fsp3) is 0.175. The highest BCUT2D eigenvalue weighted by atomic mass is 15.3. The Labute approximate surface area is 259 Å². The number of fused-ring (bicyclic) bond motifs is 4. The number of para-hydroxylation sites is 1. The van der Waals surface area contributed by atoms with E-state index in [0.29, 0.717) is 17.6 Å². The van der Waals surface area contributed by atoms with Crippen LogP contribution in [0.3, 0.4) is 0 Å². The highest BCUT2D eigenvalue weighted by Crippen LogP contribution is 2.59. The molecule has 2 aliphatic rings. The quantitative estimate of drug-likeness (QED) is 0.202. The molecular weight excluding hydrogens is 536 g/mol. The summed E-state index contributed by atoms with van der Waals surface area (Å²) < 4.78 is 0. The molecule has 1 aliphatic carbocycles. The Morgan fingerprint density at radius 1 is 0.682 bits per heavy atom. The van der Waals surface area contributed by atoms with E-state index >= 15 is 0 Å². The minimum atomic E-state index is -0.414. The number of hydrogen-bond donors (Lipinski definition) is 0. The SMILES string of the molecule is C#CC1=C(C=CC)c2ccc3c(c2C1(C)C)N(c1nc(-c2ccccc2)nc(-c2ccccc2)n1)c1ccccc1C3(C)C. The largest absolute Gasteiger partial charge is 0.278 e. The van der Waals surface area contributed by atoms with E-state index in [2.05, 4.69) is 87.1 Å². The van der Waals surface area contributed by atoms with Crippen LogP contribution in [0, 0.1) is 12.3 Å². The third-order valence-electron chi connectivity index (χ3n) is 9.07. The van der Waals surface area contributed by atoms with Crippen molar-refractivity contribution in [3.05, 3.63) is 137 Å². The van der Waals surface area contributed by atoms with E-state index in [1.54, 1.807) is 0 Å². The maximum absolute atomic E-state index is 6.24. The van der Waals surface area contributed by atoms with Gasteiger partial charge < -0.3 is 0 Å². The van der Waals surface area contributed by atoms with Gasteiger partial charge in [-0.25, -0.2) is 4.98 Å². The van der Waals surface area contributed by atoms with Crippen molar-refractivity contribution >= 4 is 22.9 Å². The molecule has 214 valence electrons. The summed E-state index contributed by atoms with van der Waals surface area (Å²) in [4.78, 5) is 17.6. The topological polar surface area (TPSA) is 41.9 Å². The van der Waals surface area contributed by atoms with Gasteiger partial charge >= 0.3 is 0 Å². The molecule has 4 heteroatoms. The van der Waals surface area contributed by atoms with Gasteiger partial charge in [-0.2, -0.15) is 9.97 Å². The van der Waals surface area contributed by atoms with Gasteiger partial charge in [0.05, 0.1) is 11.4 Å². The standard InChI is InChI=1S/C40H34N4/c1-7-17-28-29-24-25-32-35(34(29)40(5,6)30(28)8-2)44(33-23-16-15-22-31(33)39(32,3)4)38-42-36(26-18-11-9-12-19-26)41-37(43-38)27-20-13-10-14-21-27/h2,7,9-25H,1,3-6H3. The van der Waals surface area contributed by atoms with Gasteiger partial charge in [0.15, 0.2) is 11.6 Å². The van der Waals surface area contributed by atoms with Gasteiger partial charge in [0.25, 0.3) is 0 Å². The molecule has 0 unspecified atom stereocenters. The molecule has 0 radical (unpaired) electrons. The summed E-state index contributed by atoms with van der Waals surface area (Å²) in [5, 5.41) is 0. The molecule has 4 nitrogen and oxygen atoms in total. The second kappa shape index (κ2) is 10.2. The molecule has 0 atom stereocenters. The van der Waals surface area contributed by atoms with Crippen LogP contribution in [0.15, 0.2) is 115 Å². The molecule has 0 saturated carbocycles. The molecule has 4 aromatic carbocycles. The fourth-order valence-corrected chi connectivity index (χ4v) is 6.95. The van der Waals surface area contributed by atoms with Crippen LogP contribution in [0.4, 0.5) is 17.3 Å². The fourth-order valence-electron chi connectivity index (χ4n) is 6.95. The van der Waals surface area contributed by atoms with Crippen molar-refractivity contribution in [1.82, 2.24) is 15.0 Å². The summed E-state index contributed by atoms with van der Waals surface area (Å²) in [6, 6.07) is 33.4. The highest BCUT2D eigenvalue weighted by molar-refractivity contribution is 5.97. The van der Waals surface area contributed by atoms with Gasteiger partial charge in [-0.05, 0) is 40.8 Å². The summed E-state index contributed by atoms with van der Waals surface area (Å²) >= 11 is 0. The second-order valence-electron chi connectivity index (χ2n) is 12.4. The third-order valence-corrected chi connectivity index (χ3v) is 9.07. The van der Waals surface area contributed by atoms with Crippen LogP contribution < -0.4 is 4.90 Å². The molecular formula is C40H34N4. The number of aromatic nitrogens is 3. The maximum atomic E-state index is 6.24. The first-order valence-corrected chi connectivity index (χ1v) is 15.1. The van der Waals surface area contributed by atoms with Crippen LogP contribution in [0.2, 0.25) is 0 Å². The number of terminal acetylenes is 1. The smallest absolute Gasteiger partial charge is 0.238 e. The molecule has 44 heavy (non-hydrogen) atoms. The van der Waals surface area contributed by atoms with Gasteiger partial charge in [0.1, 0.15) is 0 Å². The van der Waals surface area contributed by atoms with Gasteiger partial charge in [0, 0.05) is 27.5 Å². The summed E-state index contributed by atoms with van der Waals surface area (Å²) in [6.07, 6.45) is 10.5. The minimum Gasteiger partial charge on any atom is -0.278 e. The molecule has 0 bridgehead atoms. The normalized spacial score (nSPS) is 16.0. The Balaban J connectivity index is 1.59. The monoisotopic (exact) mass is 570 g/mol. The molecule has 1 aliphatic heterocycles. The van der Waals surface area contributed by atoms with E-state index in [-0.39, 0.29) is 5.41 Å². The summed E-state index contributed by atoms with van der Waals surface area (Å²) in [5.41, 5.74) is 10.2. The molecule has 0 N–H and O–H groups in total. The lowest BCUT2D eigenvalue weighted by molar-refractivity contribution is 0.614. The Morgan fingerprint density at radius 2 is 1.27 bits per heavy atom. The second-order valence-corrected chi connectivity index (χ2v) is 12.4. The summed E-state index contributed by atoms with van der Waals surface area (Å²) in [5.74, 6) is 4.90. The van der Waals surface area contributed by atoms with Gasteiger partial charge in [0.2, 0.25) is 5.95 Å². The predicted octanol–water partition coefficient (Wildman–Crippen LogP) is 9.57. The zero-order valence-corrected chi connectivity index (χ0v) is 25.8. The minimum absolute atomic E-state index is 0.273. The van der Waals surface area contributed by atoms with E-state index in [9.17, 15) is 0 Å². The van der Waals surface area contributed by atoms with Crippen molar-refractivity contribution < 1.29 is 0 Å². The first-order chi connectivity index (χ1) is 21.3. The van der Waals surface area contributed by atoms with Crippen LogP contribution in [0.5, 0.6) is 0 Å². The average Bonchev–Trinajstić information content (AvgIpc) is 3.27. The van der Waals surface area contributed by atoms with Crippen LogP contribution in [0.1, 0.15) is 56.9 Å². The number of anilines is 3. The zero-order chi connectivity index (χ0) is 30.6. The number of rotatable bonds is 4. The molecule has 0 fully saturated rings. The van der Waals surface area contributed by atoms with Crippen molar-refractivity contribution in [2.75, 3.05) is 4.90 Å². The Kier molecular flexibility index (Phi) is 6.37. The van der Waals surface area contributed by atoms with Crippen LogP contribution in [-0.4, -0.2) is 15.0 Å². The van der Waals surface area contributed by atoms with Crippen molar-refractivity contribution in [2.45, 2.75) is 45.4 Å². The average molecular weight is 571 g/mol. The van der Waals surface area contributed by atoms with Gasteiger partial charge in [-0.1, -0.05) is 137 Å². The molecule has 7 rings (SSSR count). The van der Waals surface area contributed by atoms with Crippen LogP contribution in [-0.2, 0) is 10.8 Å². The third kappa shape index (κ3) is 4.04. The highest BCUT2D eigenvalue weighted by Gasteiger charge is 2.46. The van der Waals surface area contributed by atoms with Crippen molar-refractivity contribution in [3.63, 3.8) is 0 Å². The molecule has 1 aromatic heterocycles. The zero-order valence-electron chi connectivity index (χ0n) is 25.8. The van der Waals surface area contributed by atoms with E-state index in [0.717, 1.165) is 39.2 Å². The van der Waals surface area contributed by atoms with Gasteiger partial charge in [-0.3, -0.25) is 4.90 Å². The maximum Gasteiger partial charge on any atom is 0.238 e. The molecule has 0 spiro atoms. The summed E-state index contributed by atoms with van der Waals surface area (Å²) in [7, 11) is 0. The number of hydrogen-bond acceptors (Lipinski definition) is 4. The van der Waals surface area contributed by atoms with E-state index in [1.165, 1.54) is 16.7 Å². The molecule has 5 aromatic rings. The van der Waals surface area contributed by atoms with Crippen molar-refractivity contribution in [3.8, 4) is 35.1 Å². The van der Waals surface area contributed by atoms with E-state index in [4.69, 9.17) is 21.4 Å². The Bertz CT molecular complexity index is 1970. The van der Waals surface area contributed by atoms with Crippen LogP contribution in [0.25, 0.3) is 28.3 Å². The van der Waals surface area contributed by atoms with E-state index < -0.39 is 5.41 Å². The molecule has 0 saturated heterocycles. The number of nitrogens with zero attached hydrogens (tertiary/aromatic N) is 4. The number of benzene rings is 4. The van der Waals surface area contributed by atoms with Crippen molar-refractivity contribution in [2.24, 2.45) is 0 Å². The summed E-state index contributed by atoms with van der Waals surface area (Å²) in [6.45, 7) is 11.1. The van der Waals surface area contributed by atoms with E-state index in [1.807, 2.05) is 67.6 Å². The lowest BCUT2D eigenvalue weighted by Gasteiger charge is -2.43.